The number of benzene rings is 4. The first-order chi connectivity index (χ1) is 13.2. The monoisotopic (exact) mass is 347 g/mol. The number of hydrogen-bond donors (Lipinski definition) is 1. The number of anilines is 1. The van der Waals surface area contributed by atoms with Crippen LogP contribution in [0, 0.1) is 6.92 Å². The number of rotatable bonds is 2. The fraction of sp³-hybridized carbons (Fsp3) is 0.0769. The average Bonchev–Trinajstić information content (AvgIpc) is 3.02. The van der Waals surface area contributed by atoms with E-state index in [4.69, 9.17) is 5.73 Å². The molecule has 4 aromatic carbocycles. The van der Waals surface area contributed by atoms with Crippen molar-refractivity contribution < 1.29 is 0 Å². The van der Waals surface area contributed by atoms with Crippen LogP contribution in [0.1, 0.15) is 27.8 Å². The third-order valence-corrected chi connectivity index (χ3v) is 5.86. The molecular weight excluding hydrogens is 326 g/mol. The molecule has 0 fully saturated rings. The summed E-state index contributed by atoms with van der Waals surface area (Å²) in [7, 11) is 0. The summed E-state index contributed by atoms with van der Waals surface area (Å²) < 4.78 is 0. The number of hydrogen-bond acceptors (Lipinski definition) is 1. The van der Waals surface area contributed by atoms with Crippen molar-refractivity contribution in [2.75, 3.05) is 5.73 Å². The van der Waals surface area contributed by atoms with Gasteiger partial charge in [0.25, 0.3) is 0 Å². The summed E-state index contributed by atoms with van der Waals surface area (Å²) >= 11 is 0. The Hall–Kier alpha value is -3.32. The Labute approximate surface area is 160 Å². The highest BCUT2D eigenvalue weighted by Crippen LogP contribution is 2.56. The van der Waals surface area contributed by atoms with Crippen LogP contribution < -0.4 is 5.73 Å². The Balaban J connectivity index is 1.97. The average molecular weight is 347 g/mol. The maximum Gasteiger partial charge on any atom is 0.0713 e. The fourth-order valence-corrected chi connectivity index (χ4v) is 4.62. The van der Waals surface area contributed by atoms with E-state index in [9.17, 15) is 0 Å². The van der Waals surface area contributed by atoms with Gasteiger partial charge in [-0.05, 0) is 51.9 Å². The zero-order valence-electron chi connectivity index (χ0n) is 15.3. The summed E-state index contributed by atoms with van der Waals surface area (Å²) in [6.45, 7) is 2.09. The van der Waals surface area contributed by atoms with Gasteiger partial charge in [0, 0.05) is 5.69 Å². The van der Waals surface area contributed by atoms with Gasteiger partial charge in [-0.2, -0.15) is 0 Å². The first-order valence-electron chi connectivity index (χ1n) is 9.34. The van der Waals surface area contributed by atoms with Gasteiger partial charge in [-0.1, -0.05) is 91.0 Å². The van der Waals surface area contributed by atoms with Crippen LogP contribution in [0.25, 0.3) is 11.1 Å². The second kappa shape index (κ2) is 5.85. The van der Waals surface area contributed by atoms with Crippen LogP contribution in [0.2, 0.25) is 0 Å². The van der Waals surface area contributed by atoms with Gasteiger partial charge in [-0.3, -0.25) is 0 Å². The molecule has 4 aromatic rings. The Kier molecular flexibility index (Phi) is 3.45. The predicted octanol–water partition coefficient (Wildman–Crippen LogP) is 5.94. The molecule has 0 saturated heterocycles. The van der Waals surface area contributed by atoms with Gasteiger partial charge in [0.1, 0.15) is 0 Å². The molecule has 0 unspecified atom stereocenters. The van der Waals surface area contributed by atoms with Gasteiger partial charge >= 0.3 is 0 Å². The quantitative estimate of drug-likeness (QED) is 0.393. The summed E-state index contributed by atoms with van der Waals surface area (Å²) in [5.41, 5.74) is 15.6. The lowest BCUT2D eigenvalue weighted by Crippen LogP contribution is -2.28. The van der Waals surface area contributed by atoms with E-state index in [1.807, 2.05) is 6.07 Å². The summed E-state index contributed by atoms with van der Waals surface area (Å²) in [5.74, 6) is 0. The van der Waals surface area contributed by atoms with E-state index in [-0.39, 0.29) is 5.41 Å². The Bertz CT molecular complexity index is 1100. The van der Waals surface area contributed by atoms with E-state index in [0.29, 0.717) is 0 Å². The van der Waals surface area contributed by atoms with Crippen molar-refractivity contribution in [1.82, 2.24) is 0 Å². The van der Waals surface area contributed by atoms with E-state index in [2.05, 4.69) is 97.9 Å². The molecule has 5 rings (SSSR count). The van der Waals surface area contributed by atoms with Crippen LogP contribution in [0.4, 0.5) is 5.69 Å². The lowest BCUT2D eigenvalue weighted by Gasteiger charge is -2.34. The minimum absolute atomic E-state index is 0.326. The minimum atomic E-state index is -0.326. The van der Waals surface area contributed by atoms with Crippen molar-refractivity contribution in [3.8, 4) is 11.1 Å². The summed E-state index contributed by atoms with van der Waals surface area (Å²) in [5, 5.41) is 0. The van der Waals surface area contributed by atoms with Crippen molar-refractivity contribution in [2.45, 2.75) is 12.3 Å². The Morgan fingerprint density at radius 3 is 1.74 bits per heavy atom. The Morgan fingerprint density at radius 1 is 0.593 bits per heavy atom. The van der Waals surface area contributed by atoms with Gasteiger partial charge < -0.3 is 5.73 Å². The van der Waals surface area contributed by atoms with Crippen molar-refractivity contribution in [2.24, 2.45) is 0 Å². The van der Waals surface area contributed by atoms with Crippen LogP contribution >= 0.6 is 0 Å². The summed E-state index contributed by atoms with van der Waals surface area (Å²) in [6.07, 6.45) is 0. The summed E-state index contributed by atoms with van der Waals surface area (Å²) in [6, 6.07) is 34.9. The molecule has 130 valence electrons. The normalized spacial score (nSPS) is 13.8. The maximum atomic E-state index is 6.16. The third kappa shape index (κ3) is 2.12. The van der Waals surface area contributed by atoms with E-state index >= 15 is 0 Å². The van der Waals surface area contributed by atoms with Gasteiger partial charge in [-0.15, -0.1) is 0 Å². The van der Waals surface area contributed by atoms with Crippen molar-refractivity contribution in [1.29, 1.82) is 0 Å². The molecule has 2 N–H and O–H groups in total. The zero-order chi connectivity index (χ0) is 18.4. The molecule has 0 radical (unpaired) electrons. The SMILES string of the molecule is Cc1cc(C2(c3ccccc3)c3ccccc3-c3ccccc32)ccc1N. The first-order valence-corrected chi connectivity index (χ1v) is 9.34. The van der Waals surface area contributed by atoms with Crippen LogP contribution in [0.15, 0.2) is 97.1 Å². The van der Waals surface area contributed by atoms with Crippen LogP contribution in [0.3, 0.4) is 0 Å². The molecule has 0 spiro atoms. The van der Waals surface area contributed by atoms with E-state index < -0.39 is 0 Å². The van der Waals surface area contributed by atoms with Gasteiger partial charge in [0.2, 0.25) is 0 Å². The maximum absolute atomic E-state index is 6.16. The molecule has 27 heavy (non-hydrogen) atoms. The van der Waals surface area contributed by atoms with Crippen molar-refractivity contribution in [3.05, 3.63) is 125 Å². The molecule has 0 amide bonds. The second-order valence-corrected chi connectivity index (χ2v) is 7.28. The van der Waals surface area contributed by atoms with Crippen molar-refractivity contribution >= 4 is 5.69 Å². The molecule has 0 aliphatic heterocycles. The van der Waals surface area contributed by atoms with E-state index in [0.717, 1.165) is 11.3 Å². The number of nitrogen functional groups attached to an aromatic ring is 1. The first kappa shape index (κ1) is 15.9. The van der Waals surface area contributed by atoms with Gasteiger partial charge in [0.05, 0.1) is 5.41 Å². The lowest BCUT2D eigenvalue weighted by molar-refractivity contribution is 0.767. The zero-order valence-corrected chi connectivity index (χ0v) is 15.3. The number of aryl methyl sites for hydroxylation is 1. The van der Waals surface area contributed by atoms with E-state index in [1.54, 1.807) is 0 Å². The minimum Gasteiger partial charge on any atom is -0.399 e. The van der Waals surface area contributed by atoms with Crippen LogP contribution in [-0.2, 0) is 5.41 Å². The molecule has 0 atom stereocenters. The largest absolute Gasteiger partial charge is 0.399 e. The second-order valence-electron chi connectivity index (χ2n) is 7.28. The Morgan fingerprint density at radius 2 is 1.15 bits per heavy atom. The molecular formula is C26H21N. The fourth-order valence-electron chi connectivity index (χ4n) is 4.62. The molecule has 0 heterocycles. The van der Waals surface area contributed by atoms with Crippen LogP contribution in [0.5, 0.6) is 0 Å². The highest BCUT2D eigenvalue weighted by Gasteiger charge is 2.45. The summed E-state index contributed by atoms with van der Waals surface area (Å²) in [4.78, 5) is 0. The highest BCUT2D eigenvalue weighted by atomic mass is 14.6. The molecule has 0 aromatic heterocycles. The standard InChI is InChI=1S/C26H21N/c1-18-17-20(15-16-25(18)27)26(19-9-3-2-4-10-19)23-13-7-5-11-21(23)22-12-6-8-14-24(22)26/h2-17H,27H2,1H3. The molecule has 0 bridgehead atoms. The lowest BCUT2D eigenvalue weighted by atomic mass is 9.67. The third-order valence-electron chi connectivity index (χ3n) is 5.86. The molecule has 1 aliphatic rings. The highest BCUT2D eigenvalue weighted by molar-refractivity contribution is 5.86. The van der Waals surface area contributed by atoms with Crippen LogP contribution in [-0.4, -0.2) is 0 Å². The smallest absolute Gasteiger partial charge is 0.0713 e. The molecule has 1 heteroatoms. The van der Waals surface area contributed by atoms with E-state index in [1.165, 1.54) is 33.4 Å². The predicted molar refractivity (Wildman–Crippen MR) is 113 cm³/mol. The number of nitrogens with two attached hydrogens (primary N) is 1. The molecule has 0 saturated carbocycles. The molecule has 1 aliphatic carbocycles. The van der Waals surface area contributed by atoms with Gasteiger partial charge in [0.15, 0.2) is 0 Å². The topological polar surface area (TPSA) is 26.0 Å². The number of fused-ring (bicyclic) bond motifs is 3. The van der Waals surface area contributed by atoms with Crippen molar-refractivity contribution in [3.63, 3.8) is 0 Å². The molecule has 1 nitrogen and oxygen atoms in total. The van der Waals surface area contributed by atoms with Gasteiger partial charge in [-0.25, -0.2) is 0 Å².